The first kappa shape index (κ1) is 7.61. The highest BCUT2D eigenvalue weighted by atomic mass is 14.7. The van der Waals surface area contributed by atoms with Gasteiger partial charge >= 0.3 is 0 Å². The predicted octanol–water partition coefficient (Wildman–Crippen LogP) is 0.465. The lowest BCUT2D eigenvalue weighted by Crippen LogP contribution is -2.42. The molecular formula is C8H17N2+. The Kier molecular flexibility index (Phi) is 1.73. The smallest absolute Gasteiger partial charge is 0.110 e. The SMILES string of the molecule is CC(C)C1(/C(N)=C/[NH3+])CC1. The summed E-state index contributed by atoms with van der Waals surface area (Å²) >= 11 is 0. The van der Waals surface area contributed by atoms with Gasteiger partial charge in [-0.2, -0.15) is 0 Å². The van der Waals surface area contributed by atoms with Crippen LogP contribution in [0.25, 0.3) is 0 Å². The lowest BCUT2D eigenvalue weighted by atomic mass is 9.90. The van der Waals surface area contributed by atoms with Crippen molar-refractivity contribution < 1.29 is 5.73 Å². The van der Waals surface area contributed by atoms with Crippen LogP contribution < -0.4 is 11.5 Å². The van der Waals surface area contributed by atoms with Crippen LogP contribution in [0.1, 0.15) is 26.7 Å². The highest BCUT2D eigenvalue weighted by molar-refractivity contribution is 5.17. The first-order valence-corrected chi connectivity index (χ1v) is 3.89. The Morgan fingerprint density at radius 2 is 2.10 bits per heavy atom. The van der Waals surface area contributed by atoms with E-state index in [0.717, 1.165) is 5.70 Å². The zero-order valence-corrected chi connectivity index (χ0v) is 6.85. The van der Waals surface area contributed by atoms with E-state index in [0.29, 0.717) is 11.3 Å². The van der Waals surface area contributed by atoms with Gasteiger partial charge in [-0.15, -0.1) is 0 Å². The number of rotatable bonds is 2. The van der Waals surface area contributed by atoms with Crippen molar-refractivity contribution in [1.82, 2.24) is 0 Å². The van der Waals surface area contributed by atoms with Gasteiger partial charge in [-0.3, -0.25) is 0 Å². The fourth-order valence-corrected chi connectivity index (χ4v) is 1.54. The molecule has 0 aromatic carbocycles. The van der Waals surface area contributed by atoms with Crippen molar-refractivity contribution >= 4 is 0 Å². The van der Waals surface area contributed by atoms with Crippen LogP contribution in [0.2, 0.25) is 0 Å². The fraction of sp³-hybridized carbons (Fsp3) is 0.750. The van der Waals surface area contributed by atoms with Crippen LogP contribution in [-0.2, 0) is 0 Å². The fourth-order valence-electron chi connectivity index (χ4n) is 1.54. The third-order valence-electron chi connectivity index (χ3n) is 2.69. The maximum Gasteiger partial charge on any atom is 0.110 e. The van der Waals surface area contributed by atoms with E-state index in [1.807, 2.05) is 0 Å². The molecule has 1 aliphatic rings. The van der Waals surface area contributed by atoms with Crippen LogP contribution in [0.4, 0.5) is 0 Å². The molecule has 1 saturated carbocycles. The van der Waals surface area contributed by atoms with Gasteiger partial charge < -0.3 is 11.5 Å². The molecule has 1 fully saturated rings. The van der Waals surface area contributed by atoms with Gasteiger partial charge in [0.2, 0.25) is 0 Å². The van der Waals surface area contributed by atoms with Gasteiger partial charge in [-0.1, -0.05) is 13.8 Å². The number of hydrogen-bond acceptors (Lipinski definition) is 1. The van der Waals surface area contributed by atoms with Gasteiger partial charge in [-0.05, 0) is 18.8 Å². The first-order valence-electron chi connectivity index (χ1n) is 3.89. The zero-order chi connectivity index (χ0) is 7.78. The average molecular weight is 141 g/mol. The lowest BCUT2D eigenvalue weighted by molar-refractivity contribution is -0.277. The molecule has 10 heavy (non-hydrogen) atoms. The number of quaternary nitrogens is 1. The third-order valence-corrected chi connectivity index (χ3v) is 2.69. The first-order chi connectivity index (χ1) is 4.63. The molecule has 1 aliphatic carbocycles. The summed E-state index contributed by atoms with van der Waals surface area (Å²) in [5.74, 6) is 0.672. The van der Waals surface area contributed by atoms with Crippen LogP contribution in [0, 0.1) is 11.3 Å². The molecule has 0 spiro atoms. The van der Waals surface area contributed by atoms with Crippen molar-refractivity contribution in [3.8, 4) is 0 Å². The molecule has 0 aromatic heterocycles. The Bertz CT molecular complexity index is 155. The van der Waals surface area contributed by atoms with E-state index >= 15 is 0 Å². The maximum absolute atomic E-state index is 5.81. The lowest BCUT2D eigenvalue weighted by Gasteiger charge is -2.17. The zero-order valence-electron chi connectivity index (χ0n) is 6.85. The molecule has 2 nitrogen and oxygen atoms in total. The van der Waals surface area contributed by atoms with Crippen molar-refractivity contribution in [3.63, 3.8) is 0 Å². The molecule has 0 radical (unpaired) electrons. The summed E-state index contributed by atoms with van der Waals surface area (Å²) in [6.07, 6.45) is 4.30. The second-order valence-corrected chi connectivity index (χ2v) is 3.47. The minimum atomic E-state index is 0.335. The Morgan fingerprint density at radius 1 is 1.60 bits per heavy atom. The maximum atomic E-state index is 5.81. The van der Waals surface area contributed by atoms with Gasteiger partial charge in [0.05, 0.1) is 5.70 Å². The molecular weight excluding hydrogens is 124 g/mol. The third kappa shape index (κ3) is 0.926. The van der Waals surface area contributed by atoms with Crippen molar-refractivity contribution in [2.45, 2.75) is 26.7 Å². The predicted molar refractivity (Wildman–Crippen MR) is 41.7 cm³/mol. The molecule has 5 N–H and O–H groups in total. The van der Waals surface area contributed by atoms with Crippen LogP contribution >= 0.6 is 0 Å². The minimum absolute atomic E-state index is 0.335. The molecule has 0 bridgehead atoms. The van der Waals surface area contributed by atoms with E-state index in [4.69, 9.17) is 5.73 Å². The molecule has 2 heteroatoms. The molecule has 0 saturated heterocycles. The number of allylic oxidation sites excluding steroid dienone is 1. The Labute approximate surface area is 62.3 Å². The summed E-state index contributed by atoms with van der Waals surface area (Å²) in [7, 11) is 0. The van der Waals surface area contributed by atoms with E-state index in [1.54, 1.807) is 6.20 Å². The Balaban J connectivity index is 2.70. The number of nitrogens with two attached hydrogens (primary N) is 1. The van der Waals surface area contributed by atoms with Gasteiger partial charge in [0.1, 0.15) is 6.20 Å². The second kappa shape index (κ2) is 2.27. The van der Waals surface area contributed by atoms with E-state index in [-0.39, 0.29) is 0 Å². The van der Waals surface area contributed by atoms with Crippen LogP contribution in [0.5, 0.6) is 0 Å². The molecule has 58 valence electrons. The van der Waals surface area contributed by atoms with E-state index in [2.05, 4.69) is 19.6 Å². The summed E-state index contributed by atoms with van der Waals surface area (Å²) in [4.78, 5) is 0. The molecule has 0 atom stereocenters. The highest BCUT2D eigenvalue weighted by Gasteiger charge is 2.48. The minimum Gasteiger partial charge on any atom is -0.397 e. The second-order valence-electron chi connectivity index (χ2n) is 3.47. The topological polar surface area (TPSA) is 53.7 Å². The van der Waals surface area contributed by atoms with Crippen LogP contribution in [-0.4, -0.2) is 0 Å². The van der Waals surface area contributed by atoms with E-state index in [1.165, 1.54) is 12.8 Å². The largest absolute Gasteiger partial charge is 0.397 e. The van der Waals surface area contributed by atoms with Gasteiger partial charge in [-0.25, -0.2) is 0 Å². The van der Waals surface area contributed by atoms with E-state index in [9.17, 15) is 0 Å². The standard InChI is InChI=1S/C8H16N2/c1-6(2)8(3-4-8)7(10)5-9/h5-6H,3-4,9-10H2,1-2H3/p+1/b7-5-. The van der Waals surface area contributed by atoms with E-state index < -0.39 is 0 Å². The Morgan fingerprint density at radius 3 is 2.20 bits per heavy atom. The molecule has 0 unspecified atom stereocenters. The Hall–Kier alpha value is -0.500. The summed E-state index contributed by atoms with van der Waals surface area (Å²) in [6, 6.07) is 0. The number of hydrogen-bond donors (Lipinski definition) is 2. The van der Waals surface area contributed by atoms with Gasteiger partial charge in [0, 0.05) is 5.41 Å². The van der Waals surface area contributed by atoms with Crippen LogP contribution in [0.15, 0.2) is 11.9 Å². The van der Waals surface area contributed by atoms with Crippen molar-refractivity contribution in [1.29, 1.82) is 0 Å². The monoisotopic (exact) mass is 141 g/mol. The quantitative estimate of drug-likeness (QED) is 0.577. The molecule has 0 aromatic rings. The highest BCUT2D eigenvalue weighted by Crippen LogP contribution is 2.55. The van der Waals surface area contributed by atoms with Crippen molar-refractivity contribution in [3.05, 3.63) is 11.9 Å². The normalized spacial score (nSPS) is 23.4. The summed E-state index contributed by atoms with van der Waals surface area (Å²) in [5, 5.41) is 0. The van der Waals surface area contributed by atoms with Crippen LogP contribution in [0.3, 0.4) is 0 Å². The molecule has 0 heterocycles. The summed E-state index contributed by atoms with van der Waals surface area (Å²) < 4.78 is 0. The van der Waals surface area contributed by atoms with Crippen molar-refractivity contribution in [2.75, 3.05) is 0 Å². The van der Waals surface area contributed by atoms with Crippen molar-refractivity contribution in [2.24, 2.45) is 17.1 Å². The summed E-state index contributed by atoms with van der Waals surface area (Å²) in [6.45, 7) is 4.45. The molecule has 0 aliphatic heterocycles. The molecule has 0 amide bonds. The average Bonchev–Trinajstić information content (AvgIpc) is 2.65. The summed E-state index contributed by atoms with van der Waals surface area (Å²) in [5.41, 5.74) is 10.8. The van der Waals surface area contributed by atoms with Gasteiger partial charge in [0.15, 0.2) is 0 Å². The van der Waals surface area contributed by atoms with Gasteiger partial charge in [0.25, 0.3) is 0 Å². The molecule has 1 rings (SSSR count).